The molecule has 12 heavy (non-hydrogen) atoms. The zero-order valence-corrected chi connectivity index (χ0v) is 7.81. The molecular weight excluding hydrogens is 156 g/mol. The summed E-state index contributed by atoms with van der Waals surface area (Å²) in [5.41, 5.74) is -0.568. The van der Waals surface area contributed by atoms with Gasteiger partial charge in [0.1, 0.15) is 5.54 Å². The molecule has 0 atom stereocenters. The van der Waals surface area contributed by atoms with Crippen molar-refractivity contribution < 1.29 is 9.53 Å². The number of hydrogen-bond donors (Lipinski definition) is 2. The Hall–Kier alpha value is -0.610. The average Bonchev–Trinajstić information content (AvgIpc) is 1.95. The summed E-state index contributed by atoms with van der Waals surface area (Å²) < 4.78 is 4.66. The number of nitrogens with one attached hydrogen (secondary N) is 2. The molecule has 1 aliphatic rings. The van der Waals surface area contributed by atoms with E-state index in [0.717, 1.165) is 13.1 Å². The zero-order valence-electron chi connectivity index (χ0n) is 7.81. The molecule has 4 heteroatoms. The minimum absolute atomic E-state index is 0.214. The molecule has 0 aliphatic carbocycles. The maximum Gasteiger partial charge on any atom is 0.325 e. The van der Waals surface area contributed by atoms with Gasteiger partial charge in [0.25, 0.3) is 0 Å². The highest BCUT2D eigenvalue weighted by atomic mass is 16.5. The first kappa shape index (κ1) is 9.48. The average molecular weight is 172 g/mol. The molecule has 1 rings (SSSR count). The Morgan fingerprint density at radius 1 is 1.58 bits per heavy atom. The third-order valence-electron chi connectivity index (χ3n) is 2.04. The molecule has 1 aliphatic heterocycles. The van der Waals surface area contributed by atoms with E-state index in [1.165, 1.54) is 7.11 Å². The van der Waals surface area contributed by atoms with Crippen molar-refractivity contribution in [3.63, 3.8) is 0 Å². The second kappa shape index (κ2) is 3.41. The van der Waals surface area contributed by atoms with E-state index in [1.807, 2.05) is 13.8 Å². The number of rotatable bonds is 3. The van der Waals surface area contributed by atoms with Crippen LogP contribution in [0.2, 0.25) is 0 Å². The van der Waals surface area contributed by atoms with Crippen molar-refractivity contribution in [1.29, 1.82) is 0 Å². The highest BCUT2D eigenvalue weighted by Gasteiger charge is 2.32. The second-order valence-corrected chi connectivity index (χ2v) is 3.62. The molecule has 0 bridgehead atoms. The van der Waals surface area contributed by atoms with Gasteiger partial charge in [-0.05, 0) is 13.8 Å². The molecule has 0 aromatic carbocycles. The standard InChI is InChI=1S/C8H16N2O2/c1-8(2,7(11)12-3)10-6-4-9-5-6/h6,9-10H,4-5H2,1-3H3. The lowest BCUT2D eigenvalue weighted by Crippen LogP contribution is -2.63. The van der Waals surface area contributed by atoms with Crippen molar-refractivity contribution in [2.75, 3.05) is 20.2 Å². The summed E-state index contributed by atoms with van der Waals surface area (Å²) in [5.74, 6) is -0.214. The van der Waals surface area contributed by atoms with Crippen molar-refractivity contribution in [1.82, 2.24) is 10.6 Å². The first-order valence-electron chi connectivity index (χ1n) is 4.13. The predicted molar refractivity (Wildman–Crippen MR) is 45.9 cm³/mol. The quantitative estimate of drug-likeness (QED) is 0.563. The monoisotopic (exact) mass is 172 g/mol. The van der Waals surface area contributed by atoms with Crippen molar-refractivity contribution >= 4 is 5.97 Å². The van der Waals surface area contributed by atoms with Crippen LogP contribution in [0, 0.1) is 0 Å². The third-order valence-corrected chi connectivity index (χ3v) is 2.04. The third kappa shape index (κ3) is 1.95. The molecule has 2 N–H and O–H groups in total. The normalized spacial score (nSPS) is 18.6. The van der Waals surface area contributed by atoms with Crippen LogP contribution in [0.3, 0.4) is 0 Å². The smallest absolute Gasteiger partial charge is 0.325 e. The molecular formula is C8H16N2O2. The van der Waals surface area contributed by atoms with Gasteiger partial charge in [-0.15, -0.1) is 0 Å². The molecule has 0 aromatic rings. The summed E-state index contributed by atoms with van der Waals surface area (Å²) in [7, 11) is 1.41. The van der Waals surface area contributed by atoms with Crippen LogP contribution in [0.4, 0.5) is 0 Å². The van der Waals surface area contributed by atoms with Gasteiger partial charge in [0.05, 0.1) is 7.11 Å². The van der Waals surface area contributed by atoms with E-state index >= 15 is 0 Å². The van der Waals surface area contributed by atoms with Crippen LogP contribution in [0.5, 0.6) is 0 Å². The van der Waals surface area contributed by atoms with Gasteiger partial charge in [0, 0.05) is 19.1 Å². The van der Waals surface area contributed by atoms with Crippen molar-refractivity contribution in [2.24, 2.45) is 0 Å². The van der Waals surface area contributed by atoms with E-state index in [-0.39, 0.29) is 5.97 Å². The van der Waals surface area contributed by atoms with Crippen molar-refractivity contribution in [3.05, 3.63) is 0 Å². The molecule has 0 aromatic heterocycles. The maximum atomic E-state index is 11.2. The van der Waals surface area contributed by atoms with Gasteiger partial charge in [-0.3, -0.25) is 10.1 Å². The van der Waals surface area contributed by atoms with Crippen LogP contribution < -0.4 is 10.6 Å². The van der Waals surface area contributed by atoms with Crippen LogP contribution >= 0.6 is 0 Å². The van der Waals surface area contributed by atoms with E-state index in [1.54, 1.807) is 0 Å². The number of hydrogen-bond acceptors (Lipinski definition) is 4. The van der Waals surface area contributed by atoms with Crippen molar-refractivity contribution in [2.45, 2.75) is 25.4 Å². The SMILES string of the molecule is COC(=O)C(C)(C)NC1CNC1. The molecule has 70 valence electrons. The highest BCUT2D eigenvalue weighted by Crippen LogP contribution is 2.07. The largest absolute Gasteiger partial charge is 0.468 e. The lowest BCUT2D eigenvalue weighted by molar-refractivity contribution is -0.147. The molecule has 1 heterocycles. The van der Waals surface area contributed by atoms with Gasteiger partial charge >= 0.3 is 5.97 Å². The van der Waals surface area contributed by atoms with E-state index in [2.05, 4.69) is 15.4 Å². The fourth-order valence-corrected chi connectivity index (χ4v) is 1.22. The summed E-state index contributed by atoms with van der Waals surface area (Å²) in [6, 6.07) is 0.402. The molecule has 0 amide bonds. The zero-order chi connectivity index (χ0) is 9.19. The number of ether oxygens (including phenoxy) is 1. The van der Waals surface area contributed by atoms with Gasteiger partial charge in [-0.1, -0.05) is 0 Å². The van der Waals surface area contributed by atoms with E-state index in [9.17, 15) is 4.79 Å². The minimum atomic E-state index is -0.568. The van der Waals surface area contributed by atoms with Gasteiger partial charge in [-0.25, -0.2) is 0 Å². The minimum Gasteiger partial charge on any atom is -0.468 e. The number of carbonyl (C=O) groups is 1. The fourth-order valence-electron chi connectivity index (χ4n) is 1.22. The highest BCUT2D eigenvalue weighted by molar-refractivity contribution is 5.79. The summed E-state index contributed by atoms with van der Waals surface area (Å²) >= 11 is 0. The molecule has 1 fully saturated rings. The summed E-state index contributed by atoms with van der Waals surface area (Å²) in [4.78, 5) is 11.2. The number of esters is 1. The maximum absolute atomic E-state index is 11.2. The first-order valence-corrected chi connectivity index (χ1v) is 4.13. The fraction of sp³-hybridized carbons (Fsp3) is 0.875. The Labute approximate surface area is 72.7 Å². The van der Waals surface area contributed by atoms with Gasteiger partial charge in [-0.2, -0.15) is 0 Å². The summed E-state index contributed by atoms with van der Waals surface area (Å²) in [5, 5.41) is 6.33. The van der Waals surface area contributed by atoms with Gasteiger partial charge in [0.15, 0.2) is 0 Å². The Morgan fingerprint density at radius 2 is 2.17 bits per heavy atom. The van der Waals surface area contributed by atoms with Gasteiger partial charge < -0.3 is 10.1 Å². The topological polar surface area (TPSA) is 50.4 Å². The predicted octanol–water partition coefficient (Wildman–Crippen LogP) is -0.501. The Bertz CT molecular complexity index is 176. The van der Waals surface area contributed by atoms with Crippen LogP contribution in [0.1, 0.15) is 13.8 Å². The number of methoxy groups -OCH3 is 1. The van der Waals surface area contributed by atoms with Crippen LogP contribution in [-0.2, 0) is 9.53 Å². The Morgan fingerprint density at radius 3 is 2.50 bits per heavy atom. The van der Waals surface area contributed by atoms with Crippen LogP contribution in [-0.4, -0.2) is 37.7 Å². The first-order chi connectivity index (χ1) is 5.56. The molecule has 4 nitrogen and oxygen atoms in total. The lowest BCUT2D eigenvalue weighted by Gasteiger charge is -2.35. The molecule has 0 radical (unpaired) electrons. The Kier molecular flexibility index (Phi) is 2.69. The van der Waals surface area contributed by atoms with Crippen molar-refractivity contribution in [3.8, 4) is 0 Å². The summed E-state index contributed by atoms with van der Waals surface area (Å²) in [6.45, 7) is 5.52. The van der Waals surface area contributed by atoms with Gasteiger partial charge in [0.2, 0.25) is 0 Å². The Balaban J connectivity index is 2.40. The lowest BCUT2D eigenvalue weighted by atomic mass is 10.0. The van der Waals surface area contributed by atoms with E-state index in [0.29, 0.717) is 6.04 Å². The van der Waals surface area contributed by atoms with Crippen LogP contribution in [0.25, 0.3) is 0 Å². The van der Waals surface area contributed by atoms with E-state index < -0.39 is 5.54 Å². The van der Waals surface area contributed by atoms with Crippen LogP contribution in [0.15, 0.2) is 0 Å². The van der Waals surface area contributed by atoms with E-state index in [4.69, 9.17) is 0 Å². The second-order valence-electron chi connectivity index (χ2n) is 3.62. The number of carbonyl (C=O) groups excluding carboxylic acids is 1. The molecule has 0 spiro atoms. The molecule has 0 unspecified atom stereocenters. The molecule has 1 saturated heterocycles. The summed E-state index contributed by atoms with van der Waals surface area (Å²) in [6.07, 6.45) is 0. The molecule has 0 saturated carbocycles.